The first kappa shape index (κ1) is 30.9. The Bertz CT molecular complexity index is 1320. The number of carbonyl (C=O) groups is 1. The summed E-state index contributed by atoms with van der Waals surface area (Å²) in [5, 5.41) is 10.8. The van der Waals surface area contributed by atoms with Gasteiger partial charge in [-0.25, -0.2) is 0 Å². The lowest BCUT2D eigenvalue weighted by molar-refractivity contribution is -0.136. The van der Waals surface area contributed by atoms with Crippen molar-refractivity contribution in [3.05, 3.63) is 82.9 Å². The van der Waals surface area contributed by atoms with Crippen molar-refractivity contribution >= 4 is 29.3 Å². The number of piperidine rings is 1. The van der Waals surface area contributed by atoms with Gasteiger partial charge in [0.15, 0.2) is 0 Å². The molecule has 0 saturated carbocycles. The predicted octanol–water partition coefficient (Wildman–Crippen LogP) is 5.75. The number of hydrogen-bond donors (Lipinski definition) is 2. The van der Waals surface area contributed by atoms with Gasteiger partial charge in [0.2, 0.25) is 5.91 Å². The molecule has 0 aromatic heterocycles. The first-order chi connectivity index (χ1) is 20.4. The van der Waals surface area contributed by atoms with Crippen LogP contribution in [0.2, 0.25) is 5.02 Å². The molecule has 2 aliphatic heterocycles. The normalized spacial score (nSPS) is 17.8. The number of nitrogens with two attached hydrogens (primary N) is 1. The molecule has 2 saturated heterocycles. The maximum atomic E-state index is 13.4. The molecule has 6 nitrogen and oxygen atoms in total. The van der Waals surface area contributed by atoms with Crippen LogP contribution in [0.5, 0.6) is 5.75 Å². The number of phenols is 1. The van der Waals surface area contributed by atoms with Gasteiger partial charge in [0, 0.05) is 49.2 Å². The van der Waals surface area contributed by atoms with Gasteiger partial charge in [0.1, 0.15) is 5.75 Å². The first-order valence-electron chi connectivity index (χ1n) is 15.2. The molecule has 2 aliphatic rings. The topological polar surface area (TPSA) is 73.0 Å². The third kappa shape index (κ3) is 7.88. The molecule has 1 amide bonds. The lowest BCUT2D eigenvalue weighted by Crippen LogP contribution is -2.55. The number of aromatic hydroxyl groups is 1. The van der Waals surface area contributed by atoms with Crippen molar-refractivity contribution < 1.29 is 9.90 Å². The summed E-state index contributed by atoms with van der Waals surface area (Å²) >= 11 is 8.16. The maximum absolute atomic E-state index is 13.4. The summed E-state index contributed by atoms with van der Waals surface area (Å²) in [5.41, 5.74) is 11.5. The highest BCUT2D eigenvalue weighted by Crippen LogP contribution is 2.29. The van der Waals surface area contributed by atoms with Gasteiger partial charge in [-0.05, 0) is 96.6 Å². The highest BCUT2D eigenvalue weighted by Gasteiger charge is 2.32. The molecule has 3 aromatic rings. The van der Waals surface area contributed by atoms with Gasteiger partial charge in [0.25, 0.3) is 0 Å². The number of amides is 1. The number of phenolic OH excluding ortho intramolecular Hbond substituents is 1. The summed E-state index contributed by atoms with van der Waals surface area (Å²) in [7, 11) is 0. The molecule has 5 rings (SSSR count). The van der Waals surface area contributed by atoms with Crippen LogP contribution in [0.25, 0.3) is 11.1 Å². The number of piperazine rings is 1. The Morgan fingerprint density at radius 3 is 2.40 bits per heavy atom. The zero-order valence-electron chi connectivity index (χ0n) is 24.6. The van der Waals surface area contributed by atoms with Crippen molar-refractivity contribution in [3.8, 4) is 16.9 Å². The van der Waals surface area contributed by atoms with E-state index < -0.39 is 6.04 Å². The molecule has 3 N–H and O–H groups in total. The Hall–Kier alpha value is -2.55. The van der Waals surface area contributed by atoms with Crippen molar-refractivity contribution in [2.45, 2.75) is 43.7 Å². The van der Waals surface area contributed by atoms with Crippen molar-refractivity contribution in [1.82, 2.24) is 14.7 Å². The fraction of sp³-hybridized carbons (Fsp3) is 0.441. The molecule has 0 aliphatic carbocycles. The van der Waals surface area contributed by atoms with Gasteiger partial charge in [-0.3, -0.25) is 9.69 Å². The summed E-state index contributed by atoms with van der Waals surface area (Å²) in [6.45, 7) is 8.84. The Balaban J connectivity index is 1.08. The van der Waals surface area contributed by atoms with Gasteiger partial charge in [-0.15, -0.1) is 11.8 Å². The van der Waals surface area contributed by atoms with E-state index in [-0.39, 0.29) is 11.8 Å². The van der Waals surface area contributed by atoms with E-state index in [1.54, 1.807) is 17.8 Å². The summed E-state index contributed by atoms with van der Waals surface area (Å²) in [4.78, 5) is 21.4. The average Bonchev–Trinajstić information content (AvgIpc) is 3.02. The van der Waals surface area contributed by atoms with E-state index in [9.17, 15) is 9.90 Å². The molecular weight excluding hydrogens is 564 g/mol. The van der Waals surface area contributed by atoms with E-state index in [0.717, 1.165) is 74.9 Å². The van der Waals surface area contributed by atoms with Crippen molar-refractivity contribution in [2.24, 2.45) is 11.7 Å². The zero-order valence-corrected chi connectivity index (χ0v) is 26.1. The quantitative estimate of drug-likeness (QED) is 0.286. The molecule has 42 heavy (non-hydrogen) atoms. The van der Waals surface area contributed by atoms with Gasteiger partial charge in [-0.2, -0.15) is 0 Å². The number of halogens is 1. The van der Waals surface area contributed by atoms with Crippen LogP contribution in [0.4, 0.5) is 0 Å². The number of rotatable bonds is 10. The van der Waals surface area contributed by atoms with Gasteiger partial charge in [0.05, 0.1) is 6.04 Å². The summed E-state index contributed by atoms with van der Waals surface area (Å²) in [6.07, 6.45) is 2.83. The van der Waals surface area contributed by atoms with Crippen molar-refractivity contribution in [3.63, 3.8) is 0 Å². The lowest BCUT2D eigenvalue weighted by Gasteiger charge is -2.39. The molecule has 2 heterocycles. The van der Waals surface area contributed by atoms with E-state index in [1.807, 2.05) is 29.2 Å². The lowest BCUT2D eigenvalue weighted by atomic mass is 9.88. The Labute approximate surface area is 259 Å². The van der Waals surface area contributed by atoms with E-state index in [0.29, 0.717) is 18.8 Å². The minimum Gasteiger partial charge on any atom is -0.508 e. The Morgan fingerprint density at radius 2 is 1.69 bits per heavy atom. The van der Waals surface area contributed by atoms with Crippen LogP contribution in [0.15, 0.2) is 71.6 Å². The minimum absolute atomic E-state index is 0.0964. The van der Waals surface area contributed by atoms with Crippen LogP contribution >= 0.6 is 23.4 Å². The van der Waals surface area contributed by atoms with Crippen LogP contribution < -0.4 is 5.73 Å². The Kier molecular flexibility index (Phi) is 10.9. The smallest absolute Gasteiger partial charge is 0.239 e. The molecule has 2 fully saturated rings. The van der Waals surface area contributed by atoms with Crippen molar-refractivity contribution in [1.29, 1.82) is 0 Å². The molecular formula is C34H43ClN4O2S. The van der Waals surface area contributed by atoms with E-state index >= 15 is 0 Å². The highest BCUT2D eigenvalue weighted by atomic mass is 35.5. The molecule has 1 unspecified atom stereocenters. The average molecular weight is 607 g/mol. The number of thioether (sulfide) groups is 1. The molecule has 3 aromatic carbocycles. The van der Waals surface area contributed by atoms with E-state index in [4.69, 9.17) is 17.3 Å². The summed E-state index contributed by atoms with van der Waals surface area (Å²) in [6, 6.07) is 21.9. The zero-order chi connectivity index (χ0) is 29.5. The van der Waals surface area contributed by atoms with Crippen LogP contribution in [-0.2, 0) is 17.8 Å². The first-order valence-corrected chi connectivity index (χ1v) is 16.5. The standard InChI is InChI=1S/C34H43ClN4O2S/c1-2-42-32-11-9-30(40)23-28(32)24-38-18-20-39(21-19-38)34(41)33(36)26-12-15-37(16-13-26)17-14-27-22-29(35)8-10-31(27)25-6-4-3-5-7-25/h3-11,22-23,26,33,40H,2,12-21,24,36H2,1H3. The minimum atomic E-state index is -0.435. The molecule has 0 bridgehead atoms. The summed E-state index contributed by atoms with van der Waals surface area (Å²) < 4.78 is 0. The maximum Gasteiger partial charge on any atom is 0.239 e. The Morgan fingerprint density at radius 1 is 0.952 bits per heavy atom. The summed E-state index contributed by atoms with van der Waals surface area (Å²) in [5.74, 6) is 1.61. The predicted molar refractivity (Wildman–Crippen MR) is 174 cm³/mol. The van der Waals surface area contributed by atoms with E-state index in [2.05, 4.69) is 53.1 Å². The van der Waals surface area contributed by atoms with Gasteiger partial charge in [-0.1, -0.05) is 54.9 Å². The SMILES string of the molecule is CCSc1ccc(O)cc1CN1CCN(C(=O)C(N)C2CCN(CCc3cc(Cl)ccc3-c3ccccc3)CC2)CC1. The molecule has 224 valence electrons. The van der Waals surface area contributed by atoms with Crippen LogP contribution in [0, 0.1) is 5.92 Å². The highest BCUT2D eigenvalue weighted by molar-refractivity contribution is 7.99. The second-order valence-electron chi connectivity index (χ2n) is 11.4. The second-order valence-corrected chi connectivity index (χ2v) is 13.2. The van der Waals surface area contributed by atoms with Gasteiger partial charge < -0.3 is 20.6 Å². The fourth-order valence-corrected chi connectivity index (χ4v) is 7.23. The molecule has 0 spiro atoms. The largest absolute Gasteiger partial charge is 0.508 e. The van der Waals surface area contributed by atoms with E-state index in [1.165, 1.54) is 21.6 Å². The second kappa shape index (κ2) is 14.8. The molecule has 1 atom stereocenters. The third-order valence-electron chi connectivity index (χ3n) is 8.70. The third-order valence-corrected chi connectivity index (χ3v) is 9.93. The molecule has 0 radical (unpaired) electrons. The van der Waals surface area contributed by atoms with Crippen LogP contribution in [0.1, 0.15) is 30.9 Å². The van der Waals surface area contributed by atoms with Crippen LogP contribution in [-0.4, -0.2) is 83.3 Å². The molecule has 8 heteroatoms. The van der Waals surface area contributed by atoms with Crippen LogP contribution in [0.3, 0.4) is 0 Å². The van der Waals surface area contributed by atoms with Crippen molar-refractivity contribution in [2.75, 3.05) is 51.6 Å². The number of benzene rings is 3. The monoisotopic (exact) mass is 606 g/mol. The fourth-order valence-electron chi connectivity index (χ4n) is 6.25. The number of nitrogens with zero attached hydrogens (tertiary/aromatic N) is 3. The number of likely N-dealkylation sites (tertiary alicyclic amines) is 1. The van der Waals surface area contributed by atoms with Gasteiger partial charge >= 0.3 is 0 Å². The number of hydrogen-bond acceptors (Lipinski definition) is 6. The number of carbonyl (C=O) groups excluding carboxylic acids is 1.